The molecule has 0 N–H and O–H groups in total. The molecule has 2 aliphatic rings. The SMILES string of the molecule is CCC(C)C1(Oc2cc(C(=O)[O-])ccc2C(F)(F)F)CC2CCC1S2. The van der Waals surface area contributed by atoms with E-state index in [-0.39, 0.29) is 16.7 Å². The maximum Gasteiger partial charge on any atom is 0.419 e. The minimum atomic E-state index is -4.61. The minimum Gasteiger partial charge on any atom is -0.545 e. The van der Waals surface area contributed by atoms with Gasteiger partial charge < -0.3 is 14.6 Å². The van der Waals surface area contributed by atoms with Crippen LogP contribution in [0.15, 0.2) is 18.2 Å². The normalized spacial score (nSPS) is 29.6. The molecule has 0 saturated carbocycles. The summed E-state index contributed by atoms with van der Waals surface area (Å²) in [7, 11) is 0. The summed E-state index contributed by atoms with van der Waals surface area (Å²) in [6, 6.07) is 2.64. The van der Waals surface area contributed by atoms with Crippen molar-refractivity contribution in [1.82, 2.24) is 0 Å². The third-order valence-corrected chi connectivity index (χ3v) is 7.22. The first kappa shape index (κ1) is 18.4. The number of carboxylic acids is 1. The summed E-state index contributed by atoms with van der Waals surface area (Å²) in [5.74, 6) is -1.84. The lowest BCUT2D eigenvalue weighted by Crippen LogP contribution is -2.50. The molecule has 3 nitrogen and oxygen atoms in total. The number of rotatable bonds is 5. The molecule has 4 unspecified atom stereocenters. The molecule has 0 amide bonds. The molecule has 7 heteroatoms. The first-order chi connectivity index (χ1) is 11.7. The molecule has 2 fully saturated rings. The van der Waals surface area contributed by atoms with Gasteiger partial charge in [0, 0.05) is 22.5 Å². The molecule has 0 spiro atoms. The fraction of sp³-hybridized carbons (Fsp3) is 0.611. The van der Waals surface area contributed by atoms with Crippen LogP contribution in [0.1, 0.15) is 55.5 Å². The Bertz CT molecular complexity index is 676. The number of alkyl halides is 3. The number of carbonyl (C=O) groups excluding carboxylic acids is 1. The Morgan fingerprint density at radius 1 is 1.44 bits per heavy atom. The van der Waals surface area contributed by atoms with Crippen LogP contribution in [0.5, 0.6) is 5.75 Å². The zero-order valence-electron chi connectivity index (χ0n) is 14.1. The van der Waals surface area contributed by atoms with Crippen LogP contribution in [0.2, 0.25) is 0 Å². The number of thioether (sulfide) groups is 1. The van der Waals surface area contributed by atoms with Gasteiger partial charge in [0.25, 0.3) is 0 Å². The van der Waals surface area contributed by atoms with Crippen molar-refractivity contribution in [3.63, 3.8) is 0 Å². The third-order valence-electron chi connectivity index (χ3n) is 5.47. The van der Waals surface area contributed by atoms with Crippen LogP contribution < -0.4 is 9.84 Å². The predicted octanol–water partition coefficient (Wildman–Crippen LogP) is 3.90. The lowest BCUT2D eigenvalue weighted by atomic mass is 9.75. The van der Waals surface area contributed by atoms with Crippen LogP contribution in [-0.4, -0.2) is 22.1 Å². The van der Waals surface area contributed by atoms with Crippen molar-refractivity contribution in [2.24, 2.45) is 5.92 Å². The van der Waals surface area contributed by atoms with Gasteiger partial charge in [0.15, 0.2) is 0 Å². The Labute approximate surface area is 148 Å². The number of carbonyl (C=O) groups is 1. The van der Waals surface area contributed by atoms with Gasteiger partial charge in [0.1, 0.15) is 11.4 Å². The number of benzene rings is 1. The molecule has 1 aromatic rings. The van der Waals surface area contributed by atoms with Gasteiger partial charge in [-0.15, -0.1) is 0 Å². The maximum absolute atomic E-state index is 13.4. The average Bonchev–Trinajstić information content (AvgIpc) is 3.14. The second-order valence-electron chi connectivity index (χ2n) is 6.89. The quantitative estimate of drug-likeness (QED) is 0.785. The Morgan fingerprint density at radius 3 is 2.64 bits per heavy atom. The molecule has 4 atom stereocenters. The van der Waals surface area contributed by atoms with E-state index in [1.54, 1.807) is 11.8 Å². The second-order valence-corrected chi connectivity index (χ2v) is 8.40. The fourth-order valence-corrected chi connectivity index (χ4v) is 5.92. The molecule has 0 aromatic heterocycles. The average molecular weight is 373 g/mol. The highest BCUT2D eigenvalue weighted by Gasteiger charge is 2.56. The zero-order chi connectivity index (χ0) is 18.4. The van der Waals surface area contributed by atoms with E-state index in [1.165, 1.54) is 0 Å². The molecule has 2 bridgehead atoms. The van der Waals surface area contributed by atoms with Crippen LogP contribution in [0.3, 0.4) is 0 Å². The largest absolute Gasteiger partial charge is 0.545 e. The molecule has 1 aromatic carbocycles. The lowest BCUT2D eigenvalue weighted by molar-refractivity contribution is -0.255. The first-order valence-electron chi connectivity index (χ1n) is 8.44. The zero-order valence-corrected chi connectivity index (χ0v) is 14.9. The van der Waals surface area contributed by atoms with E-state index in [0.717, 1.165) is 37.5 Å². The number of aromatic carboxylic acids is 1. The van der Waals surface area contributed by atoms with E-state index in [2.05, 4.69) is 0 Å². The van der Waals surface area contributed by atoms with E-state index < -0.39 is 29.1 Å². The fourth-order valence-electron chi connectivity index (χ4n) is 3.95. The highest BCUT2D eigenvalue weighted by atomic mass is 32.2. The van der Waals surface area contributed by atoms with Gasteiger partial charge in [-0.3, -0.25) is 0 Å². The molecule has 138 valence electrons. The molecule has 2 saturated heterocycles. The summed E-state index contributed by atoms with van der Waals surface area (Å²) < 4.78 is 46.3. The van der Waals surface area contributed by atoms with Crippen molar-refractivity contribution in [2.45, 2.75) is 61.8 Å². The summed E-state index contributed by atoms with van der Waals surface area (Å²) in [6.07, 6.45) is -1.15. The molecule has 2 aliphatic heterocycles. The molecule has 2 heterocycles. The first-order valence-corrected chi connectivity index (χ1v) is 9.38. The Morgan fingerprint density at radius 2 is 2.16 bits per heavy atom. The number of carboxylic acid groups (broad SMARTS) is 1. The summed E-state index contributed by atoms with van der Waals surface area (Å²) in [5.41, 5.74) is -1.93. The van der Waals surface area contributed by atoms with Gasteiger partial charge in [-0.2, -0.15) is 24.9 Å². The third kappa shape index (κ3) is 3.23. The summed E-state index contributed by atoms with van der Waals surface area (Å²) in [5, 5.41) is 11.6. The monoisotopic (exact) mass is 373 g/mol. The van der Waals surface area contributed by atoms with E-state index in [0.29, 0.717) is 11.7 Å². The Kier molecular flexibility index (Phi) is 4.73. The minimum absolute atomic E-state index is 0.0722. The van der Waals surface area contributed by atoms with Gasteiger partial charge in [-0.05, 0) is 37.3 Å². The van der Waals surface area contributed by atoms with E-state index in [1.807, 2.05) is 13.8 Å². The van der Waals surface area contributed by atoms with E-state index in [9.17, 15) is 23.1 Å². The van der Waals surface area contributed by atoms with Crippen LogP contribution in [-0.2, 0) is 6.18 Å². The lowest BCUT2D eigenvalue weighted by Gasteiger charge is -2.42. The van der Waals surface area contributed by atoms with Crippen molar-refractivity contribution in [3.05, 3.63) is 29.3 Å². The number of ether oxygens (including phenoxy) is 1. The van der Waals surface area contributed by atoms with Crippen molar-refractivity contribution in [3.8, 4) is 5.75 Å². The van der Waals surface area contributed by atoms with Crippen molar-refractivity contribution >= 4 is 17.7 Å². The van der Waals surface area contributed by atoms with Gasteiger partial charge >= 0.3 is 6.18 Å². The maximum atomic E-state index is 13.4. The number of halogens is 3. The molecular weight excluding hydrogens is 353 g/mol. The van der Waals surface area contributed by atoms with Crippen LogP contribution in [0.25, 0.3) is 0 Å². The standard InChI is InChI=1S/C18H21F3O3S/c1-3-10(2)17(9-12-5-7-15(17)25-12)24-14-8-11(16(22)23)4-6-13(14)18(19,20)21/h4,6,8,10,12,15H,3,5,7,9H2,1-2H3,(H,22,23)/p-1. The van der Waals surface area contributed by atoms with Crippen molar-refractivity contribution in [1.29, 1.82) is 0 Å². The van der Waals surface area contributed by atoms with Gasteiger partial charge in [0.2, 0.25) is 0 Å². The topological polar surface area (TPSA) is 49.4 Å². The summed E-state index contributed by atoms with van der Waals surface area (Å²) in [6.45, 7) is 3.99. The van der Waals surface area contributed by atoms with E-state index >= 15 is 0 Å². The Hall–Kier alpha value is -1.37. The van der Waals surface area contributed by atoms with Crippen LogP contribution in [0.4, 0.5) is 13.2 Å². The highest BCUT2D eigenvalue weighted by Crippen LogP contribution is 2.57. The Balaban J connectivity index is 2.05. The second kappa shape index (κ2) is 6.41. The van der Waals surface area contributed by atoms with Gasteiger partial charge in [-0.1, -0.05) is 19.9 Å². The number of hydrogen-bond donors (Lipinski definition) is 0. The van der Waals surface area contributed by atoms with Gasteiger partial charge in [-0.25, -0.2) is 0 Å². The van der Waals surface area contributed by atoms with Crippen molar-refractivity contribution < 1.29 is 27.8 Å². The summed E-state index contributed by atoms with van der Waals surface area (Å²) >= 11 is 1.79. The number of fused-ring (bicyclic) bond motifs is 2. The molecule has 0 radical (unpaired) electrons. The van der Waals surface area contributed by atoms with Crippen LogP contribution >= 0.6 is 11.8 Å². The van der Waals surface area contributed by atoms with Crippen LogP contribution in [0, 0.1) is 5.92 Å². The predicted molar refractivity (Wildman–Crippen MR) is 87.6 cm³/mol. The molecule has 0 aliphatic carbocycles. The molecule has 3 rings (SSSR count). The molecule has 25 heavy (non-hydrogen) atoms. The van der Waals surface area contributed by atoms with Crippen molar-refractivity contribution in [2.75, 3.05) is 0 Å². The van der Waals surface area contributed by atoms with Gasteiger partial charge in [0.05, 0.1) is 11.5 Å². The smallest absolute Gasteiger partial charge is 0.419 e. The highest BCUT2D eigenvalue weighted by molar-refractivity contribution is 8.01. The summed E-state index contributed by atoms with van der Waals surface area (Å²) in [4.78, 5) is 11.1. The molecular formula is C18H20F3O3S-. The van der Waals surface area contributed by atoms with E-state index in [4.69, 9.17) is 4.74 Å². The number of hydrogen-bond acceptors (Lipinski definition) is 4.